The van der Waals surface area contributed by atoms with Gasteiger partial charge in [-0.3, -0.25) is 14.9 Å². The molecule has 0 fully saturated rings. The quantitative estimate of drug-likeness (QED) is 0.628. The zero-order valence-corrected chi connectivity index (χ0v) is 8.97. The lowest BCUT2D eigenvalue weighted by molar-refractivity contribution is -0.384. The van der Waals surface area contributed by atoms with Gasteiger partial charge in [0.15, 0.2) is 0 Å². The van der Waals surface area contributed by atoms with Gasteiger partial charge in [0.1, 0.15) is 17.9 Å². The SMILES string of the molecule is COc1ccc(NC(=O)CC#N)c([N+](=O)[O-])c1. The maximum atomic E-state index is 11.2. The topological polar surface area (TPSA) is 105 Å². The molecule has 1 N–H and O–H groups in total. The highest BCUT2D eigenvalue weighted by atomic mass is 16.6. The number of anilines is 1. The van der Waals surface area contributed by atoms with Crippen molar-refractivity contribution < 1.29 is 14.5 Å². The summed E-state index contributed by atoms with van der Waals surface area (Å²) in [5.74, 6) is -0.282. The van der Waals surface area contributed by atoms with E-state index in [0.717, 1.165) is 0 Å². The van der Waals surface area contributed by atoms with E-state index in [4.69, 9.17) is 10.00 Å². The maximum absolute atomic E-state index is 11.2. The van der Waals surface area contributed by atoms with Crippen LogP contribution < -0.4 is 10.1 Å². The van der Waals surface area contributed by atoms with Crippen LogP contribution in [0.3, 0.4) is 0 Å². The van der Waals surface area contributed by atoms with Gasteiger partial charge in [0.05, 0.1) is 24.2 Å². The summed E-state index contributed by atoms with van der Waals surface area (Å²) in [6.07, 6.45) is -0.358. The van der Waals surface area contributed by atoms with Crippen molar-refractivity contribution in [3.05, 3.63) is 28.3 Å². The molecule has 0 aliphatic carbocycles. The Balaban J connectivity index is 3.03. The van der Waals surface area contributed by atoms with Gasteiger partial charge in [-0.2, -0.15) is 5.26 Å². The van der Waals surface area contributed by atoms with Crippen LogP contribution in [0, 0.1) is 21.4 Å². The van der Waals surface area contributed by atoms with Gasteiger partial charge < -0.3 is 10.1 Å². The monoisotopic (exact) mass is 235 g/mol. The van der Waals surface area contributed by atoms with E-state index in [1.807, 2.05) is 0 Å². The minimum atomic E-state index is -0.634. The predicted molar refractivity (Wildman–Crippen MR) is 58.5 cm³/mol. The summed E-state index contributed by atoms with van der Waals surface area (Å²) in [7, 11) is 1.38. The van der Waals surface area contributed by atoms with Crippen LogP contribution in [-0.4, -0.2) is 17.9 Å². The number of hydrogen-bond acceptors (Lipinski definition) is 5. The summed E-state index contributed by atoms with van der Waals surface area (Å²) in [5.41, 5.74) is -0.244. The lowest BCUT2D eigenvalue weighted by atomic mass is 10.2. The number of amides is 1. The van der Waals surface area contributed by atoms with E-state index in [2.05, 4.69) is 5.32 Å². The summed E-state index contributed by atoms with van der Waals surface area (Å²) < 4.78 is 4.84. The number of carbonyl (C=O) groups excluding carboxylic acids is 1. The number of hydrogen-bond donors (Lipinski definition) is 1. The highest BCUT2D eigenvalue weighted by molar-refractivity contribution is 5.94. The van der Waals surface area contributed by atoms with E-state index >= 15 is 0 Å². The van der Waals surface area contributed by atoms with Crippen molar-refractivity contribution in [3.8, 4) is 11.8 Å². The van der Waals surface area contributed by atoms with Gasteiger partial charge in [-0.1, -0.05) is 0 Å². The van der Waals surface area contributed by atoms with E-state index in [0.29, 0.717) is 5.75 Å². The summed E-state index contributed by atoms with van der Waals surface area (Å²) in [6.45, 7) is 0. The molecule has 0 aromatic heterocycles. The molecule has 7 heteroatoms. The molecular formula is C10H9N3O4. The first kappa shape index (κ1) is 12.4. The van der Waals surface area contributed by atoms with Crippen molar-refractivity contribution in [1.29, 1.82) is 5.26 Å². The molecule has 0 spiro atoms. The van der Waals surface area contributed by atoms with Crippen molar-refractivity contribution in [1.82, 2.24) is 0 Å². The second-order valence-corrected chi connectivity index (χ2v) is 3.02. The van der Waals surface area contributed by atoms with Crippen LogP contribution in [0.2, 0.25) is 0 Å². The minimum Gasteiger partial charge on any atom is -0.496 e. The predicted octanol–water partition coefficient (Wildman–Crippen LogP) is 1.46. The number of nitrogens with one attached hydrogen (secondary N) is 1. The number of nitrogens with zero attached hydrogens (tertiary/aromatic N) is 2. The van der Waals surface area contributed by atoms with E-state index in [1.54, 1.807) is 6.07 Å². The second-order valence-electron chi connectivity index (χ2n) is 3.02. The Hall–Kier alpha value is -2.62. The Bertz CT molecular complexity index is 493. The number of rotatable bonds is 4. The molecule has 0 saturated carbocycles. The van der Waals surface area contributed by atoms with Gasteiger partial charge in [0.2, 0.25) is 5.91 Å². The number of nitriles is 1. The second kappa shape index (κ2) is 5.46. The molecule has 0 radical (unpaired) electrons. The first-order chi connectivity index (χ1) is 8.08. The van der Waals surface area contributed by atoms with Gasteiger partial charge in [-0.05, 0) is 12.1 Å². The molecule has 0 saturated heterocycles. The summed E-state index contributed by atoms with van der Waals surface area (Å²) in [4.78, 5) is 21.3. The zero-order valence-electron chi connectivity index (χ0n) is 8.97. The third kappa shape index (κ3) is 3.17. The Morgan fingerprint density at radius 2 is 2.35 bits per heavy atom. The number of carbonyl (C=O) groups is 1. The van der Waals surface area contributed by atoms with Crippen LogP contribution in [0.25, 0.3) is 0 Å². The molecule has 88 valence electrons. The Kier molecular flexibility index (Phi) is 4.00. The third-order valence-corrected chi connectivity index (χ3v) is 1.92. The Morgan fingerprint density at radius 3 is 2.88 bits per heavy atom. The molecule has 0 aliphatic rings. The molecule has 7 nitrogen and oxygen atoms in total. The van der Waals surface area contributed by atoms with Crippen LogP contribution >= 0.6 is 0 Å². The molecule has 1 amide bonds. The molecule has 0 bridgehead atoms. The summed E-state index contributed by atoms with van der Waals surface area (Å²) in [6, 6.07) is 5.68. The Labute approximate surface area is 96.8 Å². The number of benzene rings is 1. The highest BCUT2D eigenvalue weighted by Crippen LogP contribution is 2.28. The fraction of sp³-hybridized carbons (Fsp3) is 0.200. The zero-order chi connectivity index (χ0) is 12.8. The fourth-order valence-corrected chi connectivity index (χ4v) is 1.16. The smallest absolute Gasteiger partial charge is 0.296 e. The summed E-state index contributed by atoms with van der Waals surface area (Å²) in [5, 5.41) is 21.4. The highest BCUT2D eigenvalue weighted by Gasteiger charge is 2.16. The lowest BCUT2D eigenvalue weighted by Crippen LogP contribution is -2.11. The van der Waals surface area contributed by atoms with Crippen LogP contribution in [0.1, 0.15) is 6.42 Å². The number of nitro groups is 1. The third-order valence-electron chi connectivity index (χ3n) is 1.92. The molecule has 1 aromatic rings. The van der Waals surface area contributed by atoms with Gasteiger partial charge in [-0.25, -0.2) is 0 Å². The van der Waals surface area contributed by atoms with Gasteiger partial charge >= 0.3 is 0 Å². The van der Waals surface area contributed by atoms with Crippen molar-refractivity contribution in [2.45, 2.75) is 6.42 Å². The van der Waals surface area contributed by atoms with Gasteiger partial charge in [0, 0.05) is 0 Å². The summed E-state index contributed by atoms with van der Waals surface area (Å²) >= 11 is 0. The van der Waals surface area contributed by atoms with Crippen molar-refractivity contribution in [2.24, 2.45) is 0 Å². The average Bonchev–Trinajstić information content (AvgIpc) is 2.29. The number of nitro benzene ring substituents is 1. The van der Waals surface area contributed by atoms with Gasteiger partial charge in [-0.15, -0.1) is 0 Å². The lowest BCUT2D eigenvalue weighted by Gasteiger charge is -2.05. The molecule has 1 aromatic carbocycles. The molecular weight excluding hydrogens is 226 g/mol. The molecule has 1 rings (SSSR count). The van der Waals surface area contributed by atoms with E-state index in [1.165, 1.54) is 25.3 Å². The van der Waals surface area contributed by atoms with E-state index < -0.39 is 10.8 Å². The van der Waals surface area contributed by atoms with E-state index in [-0.39, 0.29) is 17.8 Å². The molecule has 0 atom stereocenters. The minimum absolute atomic E-state index is 0.0380. The number of ether oxygens (including phenoxy) is 1. The average molecular weight is 235 g/mol. The van der Waals surface area contributed by atoms with Crippen molar-refractivity contribution in [2.75, 3.05) is 12.4 Å². The first-order valence-corrected chi connectivity index (χ1v) is 4.57. The van der Waals surface area contributed by atoms with Crippen molar-refractivity contribution in [3.63, 3.8) is 0 Å². The molecule has 0 aliphatic heterocycles. The Morgan fingerprint density at radius 1 is 1.65 bits per heavy atom. The largest absolute Gasteiger partial charge is 0.496 e. The van der Waals surface area contributed by atoms with Crippen molar-refractivity contribution >= 4 is 17.3 Å². The molecule has 0 unspecified atom stereocenters. The van der Waals surface area contributed by atoms with Crippen LogP contribution in [-0.2, 0) is 4.79 Å². The van der Waals surface area contributed by atoms with Crippen LogP contribution in [0.4, 0.5) is 11.4 Å². The van der Waals surface area contributed by atoms with E-state index in [9.17, 15) is 14.9 Å². The van der Waals surface area contributed by atoms with Crippen LogP contribution in [0.5, 0.6) is 5.75 Å². The normalized spacial score (nSPS) is 9.18. The molecule has 0 heterocycles. The maximum Gasteiger partial charge on any atom is 0.296 e. The molecule has 17 heavy (non-hydrogen) atoms. The standard InChI is InChI=1S/C10H9N3O4/c1-17-7-2-3-8(9(6-7)13(15)16)12-10(14)4-5-11/h2-3,6H,4H2,1H3,(H,12,14). The van der Waals surface area contributed by atoms with Crippen LogP contribution in [0.15, 0.2) is 18.2 Å². The fourth-order valence-electron chi connectivity index (χ4n) is 1.16. The first-order valence-electron chi connectivity index (χ1n) is 4.57. The number of methoxy groups -OCH3 is 1. The van der Waals surface area contributed by atoms with Gasteiger partial charge in [0.25, 0.3) is 5.69 Å².